The first-order valence-corrected chi connectivity index (χ1v) is 7.81. The van der Waals surface area contributed by atoms with E-state index in [1.807, 2.05) is 11.8 Å². The summed E-state index contributed by atoms with van der Waals surface area (Å²) < 4.78 is 5.61. The molecule has 0 spiro atoms. The second-order valence-corrected chi connectivity index (χ2v) is 6.24. The molecule has 1 aromatic rings. The number of thiophene rings is 1. The molecule has 3 rings (SSSR count). The maximum absolute atomic E-state index is 12.3. The van der Waals surface area contributed by atoms with Crippen molar-refractivity contribution in [3.05, 3.63) is 22.4 Å². The molecule has 0 bridgehead atoms. The van der Waals surface area contributed by atoms with Crippen LogP contribution in [0.25, 0.3) is 0 Å². The summed E-state index contributed by atoms with van der Waals surface area (Å²) in [5.74, 6) is 0.660. The third kappa shape index (κ3) is 2.42. The van der Waals surface area contributed by atoms with Crippen molar-refractivity contribution in [2.24, 2.45) is 5.92 Å². The lowest BCUT2D eigenvalue weighted by atomic mass is 10.0. The van der Waals surface area contributed by atoms with Crippen LogP contribution in [0.3, 0.4) is 0 Å². The summed E-state index contributed by atoms with van der Waals surface area (Å²) in [4.78, 5) is 14.3. The van der Waals surface area contributed by atoms with Crippen molar-refractivity contribution in [2.75, 3.05) is 13.2 Å². The number of hydrogen-bond acceptors (Lipinski definition) is 4. The molecule has 0 aromatic carbocycles. The quantitative estimate of drug-likeness (QED) is 0.920. The zero-order valence-electron chi connectivity index (χ0n) is 11.3. The summed E-state index contributed by atoms with van der Waals surface area (Å²) in [5.41, 5.74) is 1.19. The van der Waals surface area contributed by atoms with Gasteiger partial charge in [0.25, 0.3) is 0 Å². The molecule has 2 aliphatic rings. The van der Waals surface area contributed by atoms with E-state index in [1.165, 1.54) is 5.56 Å². The molecule has 5 heteroatoms. The van der Waals surface area contributed by atoms with Crippen LogP contribution in [0.15, 0.2) is 16.8 Å². The van der Waals surface area contributed by atoms with Crippen LogP contribution >= 0.6 is 11.3 Å². The third-order valence-electron chi connectivity index (χ3n) is 4.20. The summed E-state index contributed by atoms with van der Waals surface area (Å²) in [7, 11) is 0. The Hall–Kier alpha value is -0.910. The van der Waals surface area contributed by atoms with E-state index in [2.05, 4.69) is 29.1 Å². The van der Waals surface area contributed by atoms with Crippen LogP contribution in [0.2, 0.25) is 0 Å². The van der Waals surface area contributed by atoms with Gasteiger partial charge in [0.2, 0.25) is 5.91 Å². The third-order valence-corrected chi connectivity index (χ3v) is 4.90. The number of nitrogens with zero attached hydrogens (tertiary/aromatic N) is 1. The van der Waals surface area contributed by atoms with Gasteiger partial charge in [0.1, 0.15) is 6.17 Å². The van der Waals surface area contributed by atoms with Gasteiger partial charge < -0.3 is 9.64 Å². The summed E-state index contributed by atoms with van der Waals surface area (Å²) in [6.45, 7) is 5.66. The van der Waals surface area contributed by atoms with Crippen molar-refractivity contribution in [3.63, 3.8) is 0 Å². The maximum Gasteiger partial charge on any atom is 0.241 e. The first-order valence-electron chi connectivity index (χ1n) is 6.87. The fourth-order valence-corrected chi connectivity index (χ4v) is 3.62. The van der Waals surface area contributed by atoms with Crippen molar-refractivity contribution in [1.82, 2.24) is 10.2 Å². The molecule has 1 N–H and O–H groups in total. The number of rotatable bonds is 3. The lowest BCUT2D eigenvalue weighted by Gasteiger charge is -2.27. The van der Waals surface area contributed by atoms with Crippen LogP contribution in [-0.4, -0.2) is 36.1 Å². The van der Waals surface area contributed by atoms with Crippen LogP contribution in [-0.2, 0) is 9.53 Å². The molecule has 0 radical (unpaired) electrons. The molecular weight excluding hydrogens is 260 g/mol. The summed E-state index contributed by atoms with van der Waals surface area (Å²) >= 11 is 1.67. The highest BCUT2D eigenvalue weighted by Gasteiger charge is 2.39. The Labute approximate surface area is 117 Å². The van der Waals surface area contributed by atoms with Gasteiger partial charge in [-0.15, -0.1) is 0 Å². The SMILES string of the molecule is CC1NC(c2ccsc2)N(CC2CCOC2C)C1=O. The largest absolute Gasteiger partial charge is 0.378 e. The smallest absolute Gasteiger partial charge is 0.241 e. The highest BCUT2D eigenvalue weighted by Crippen LogP contribution is 2.30. The van der Waals surface area contributed by atoms with E-state index in [4.69, 9.17) is 4.74 Å². The number of hydrogen-bond donors (Lipinski definition) is 1. The molecule has 104 valence electrons. The number of carbonyl (C=O) groups excluding carboxylic acids is 1. The predicted molar refractivity (Wildman–Crippen MR) is 74.9 cm³/mol. The molecule has 1 aromatic heterocycles. The van der Waals surface area contributed by atoms with Crippen molar-refractivity contribution in [1.29, 1.82) is 0 Å². The Morgan fingerprint density at radius 2 is 2.37 bits per heavy atom. The van der Waals surface area contributed by atoms with Gasteiger partial charge in [0, 0.05) is 19.1 Å². The van der Waals surface area contributed by atoms with Gasteiger partial charge in [-0.05, 0) is 42.7 Å². The van der Waals surface area contributed by atoms with Crippen molar-refractivity contribution in [2.45, 2.75) is 38.6 Å². The van der Waals surface area contributed by atoms with Gasteiger partial charge >= 0.3 is 0 Å². The first kappa shape index (κ1) is 13.1. The minimum atomic E-state index is -0.0949. The van der Waals surface area contributed by atoms with Crippen LogP contribution in [0, 0.1) is 5.92 Å². The minimum absolute atomic E-state index is 0.0292. The van der Waals surface area contributed by atoms with Gasteiger partial charge in [0.15, 0.2) is 0 Å². The molecule has 0 saturated carbocycles. The standard InChI is InChI=1S/C14H20N2O2S/c1-9-14(17)16(7-11-3-5-18-10(11)2)13(15-9)12-4-6-19-8-12/h4,6,8-11,13,15H,3,5,7H2,1-2H3. The molecule has 2 saturated heterocycles. The van der Waals surface area contributed by atoms with E-state index in [-0.39, 0.29) is 24.2 Å². The number of amides is 1. The van der Waals surface area contributed by atoms with E-state index in [1.54, 1.807) is 11.3 Å². The van der Waals surface area contributed by atoms with Crippen LogP contribution in [0.1, 0.15) is 32.0 Å². The Morgan fingerprint density at radius 1 is 1.53 bits per heavy atom. The van der Waals surface area contributed by atoms with E-state index in [9.17, 15) is 4.79 Å². The molecule has 1 amide bonds. The van der Waals surface area contributed by atoms with Crippen molar-refractivity contribution >= 4 is 17.2 Å². The van der Waals surface area contributed by atoms with Crippen LogP contribution in [0.4, 0.5) is 0 Å². The van der Waals surface area contributed by atoms with E-state index in [0.717, 1.165) is 19.6 Å². The highest BCUT2D eigenvalue weighted by atomic mass is 32.1. The average molecular weight is 280 g/mol. The molecule has 19 heavy (non-hydrogen) atoms. The van der Waals surface area contributed by atoms with Gasteiger partial charge in [-0.1, -0.05) is 0 Å². The monoisotopic (exact) mass is 280 g/mol. The van der Waals surface area contributed by atoms with Crippen LogP contribution in [0.5, 0.6) is 0 Å². The highest BCUT2D eigenvalue weighted by molar-refractivity contribution is 7.07. The lowest BCUT2D eigenvalue weighted by Crippen LogP contribution is -2.36. The Morgan fingerprint density at radius 3 is 3.00 bits per heavy atom. The van der Waals surface area contributed by atoms with Crippen molar-refractivity contribution < 1.29 is 9.53 Å². The maximum atomic E-state index is 12.3. The van der Waals surface area contributed by atoms with E-state index < -0.39 is 0 Å². The summed E-state index contributed by atoms with van der Waals surface area (Å²) in [5, 5.41) is 7.56. The topological polar surface area (TPSA) is 41.6 Å². The first-order chi connectivity index (χ1) is 9.16. The summed E-state index contributed by atoms with van der Waals surface area (Å²) in [6, 6.07) is 2.00. The number of ether oxygens (including phenoxy) is 1. The molecule has 4 atom stereocenters. The molecule has 2 fully saturated rings. The summed E-state index contributed by atoms with van der Waals surface area (Å²) in [6.07, 6.45) is 1.34. The van der Waals surface area contributed by atoms with E-state index >= 15 is 0 Å². The van der Waals surface area contributed by atoms with Crippen molar-refractivity contribution in [3.8, 4) is 0 Å². The Bertz CT molecular complexity index is 448. The van der Waals surface area contributed by atoms with Gasteiger partial charge in [-0.3, -0.25) is 10.1 Å². The van der Waals surface area contributed by atoms with Gasteiger partial charge in [-0.25, -0.2) is 0 Å². The normalized spacial score (nSPS) is 35.3. The lowest BCUT2D eigenvalue weighted by molar-refractivity contribution is -0.130. The van der Waals surface area contributed by atoms with Crippen LogP contribution < -0.4 is 5.32 Å². The Balaban J connectivity index is 1.78. The average Bonchev–Trinajstić information content (AvgIpc) is 3.08. The zero-order valence-corrected chi connectivity index (χ0v) is 12.2. The van der Waals surface area contributed by atoms with Gasteiger partial charge in [-0.2, -0.15) is 11.3 Å². The molecule has 0 aliphatic carbocycles. The predicted octanol–water partition coefficient (Wildman–Crippen LogP) is 1.99. The molecular formula is C14H20N2O2S. The molecule has 3 heterocycles. The molecule has 4 nitrogen and oxygen atoms in total. The zero-order chi connectivity index (χ0) is 13.4. The van der Waals surface area contributed by atoms with Gasteiger partial charge in [0.05, 0.1) is 12.1 Å². The second kappa shape index (κ2) is 5.23. The molecule has 4 unspecified atom stereocenters. The second-order valence-electron chi connectivity index (χ2n) is 5.46. The number of carbonyl (C=O) groups is 1. The minimum Gasteiger partial charge on any atom is -0.378 e. The fourth-order valence-electron chi connectivity index (χ4n) is 2.94. The number of nitrogens with one attached hydrogen (secondary N) is 1. The van der Waals surface area contributed by atoms with E-state index in [0.29, 0.717) is 5.92 Å². The molecule has 2 aliphatic heterocycles. The Kier molecular flexibility index (Phi) is 3.60. The fraction of sp³-hybridized carbons (Fsp3) is 0.643.